The Morgan fingerprint density at radius 2 is 2.00 bits per heavy atom. The smallest absolute Gasteiger partial charge is 0.251 e. The fourth-order valence-electron chi connectivity index (χ4n) is 1.48. The summed E-state index contributed by atoms with van der Waals surface area (Å²) in [5, 5.41) is 7.99. The van der Waals surface area contributed by atoms with Crippen LogP contribution in [0.25, 0.3) is 0 Å². The first-order valence-corrected chi connectivity index (χ1v) is 7.66. The zero-order chi connectivity index (χ0) is 14.8. The molecule has 0 saturated carbocycles. The van der Waals surface area contributed by atoms with Gasteiger partial charge in [-0.15, -0.1) is 0 Å². The highest BCUT2D eigenvalue weighted by atomic mass is 35.5. The summed E-state index contributed by atoms with van der Waals surface area (Å²) >= 11 is 5.93. The molecule has 3 N–H and O–H groups in total. The van der Waals surface area contributed by atoms with Crippen LogP contribution in [0.4, 0.5) is 0 Å². The molecule has 0 aliphatic carbocycles. The Morgan fingerprint density at radius 3 is 2.47 bits per heavy atom. The summed E-state index contributed by atoms with van der Waals surface area (Å²) in [6, 6.07) is 2.67. The maximum atomic E-state index is 11.9. The minimum Gasteiger partial charge on any atom is -0.352 e. The van der Waals surface area contributed by atoms with Crippen molar-refractivity contribution in [2.75, 3.05) is 6.54 Å². The Bertz CT molecular complexity index is 597. The first-order chi connectivity index (χ1) is 8.62. The molecule has 5 nitrogen and oxygen atoms in total. The zero-order valence-corrected chi connectivity index (χ0v) is 12.6. The largest absolute Gasteiger partial charge is 0.352 e. The molecule has 0 bridgehead atoms. The summed E-state index contributed by atoms with van der Waals surface area (Å²) in [7, 11) is -3.91. The van der Waals surface area contributed by atoms with E-state index in [9.17, 15) is 13.2 Å². The Labute approximate surface area is 118 Å². The summed E-state index contributed by atoms with van der Waals surface area (Å²) in [4.78, 5) is 11.8. The van der Waals surface area contributed by atoms with E-state index in [1.54, 1.807) is 0 Å². The normalized spacial score (nSPS) is 11.7. The molecule has 0 spiro atoms. The topological polar surface area (TPSA) is 89.3 Å². The molecule has 0 radical (unpaired) electrons. The van der Waals surface area contributed by atoms with Crippen molar-refractivity contribution >= 4 is 27.5 Å². The molecule has 106 valence electrons. The fourth-order valence-corrected chi connectivity index (χ4v) is 2.58. The van der Waals surface area contributed by atoms with Gasteiger partial charge in [-0.2, -0.15) is 0 Å². The van der Waals surface area contributed by atoms with Crippen LogP contribution >= 0.6 is 11.6 Å². The molecule has 1 aromatic rings. The van der Waals surface area contributed by atoms with E-state index in [2.05, 4.69) is 5.32 Å². The van der Waals surface area contributed by atoms with Crippen molar-refractivity contribution in [2.24, 2.45) is 11.1 Å². The van der Waals surface area contributed by atoms with E-state index in [4.69, 9.17) is 16.7 Å². The van der Waals surface area contributed by atoms with Crippen molar-refractivity contribution in [1.29, 1.82) is 0 Å². The van der Waals surface area contributed by atoms with Gasteiger partial charge in [0, 0.05) is 17.1 Å². The number of hydrogen-bond acceptors (Lipinski definition) is 3. The third kappa shape index (κ3) is 4.19. The van der Waals surface area contributed by atoms with E-state index in [0.717, 1.165) is 0 Å². The van der Waals surface area contributed by atoms with E-state index in [1.165, 1.54) is 19.1 Å². The molecule has 1 rings (SSSR count). The molecule has 0 saturated heterocycles. The quantitative estimate of drug-likeness (QED) is 0.887. The number of amides is 1. The Balaban J connectivity index is 3.18. The third-order valence-corrected chi connectivity index (χ3v) is 3.97. The predicted octanol–water partition coefficient (Wildman–Crippen LogP) is 1.68. The lowest BCUT2D eigenvalue weighted by atomic mass is 10.1. The molecular weight excluding hydrogens is 288 g/mol. The number of nitrogens with two attached hydrogens (primary N) is 1. The van der Waals surface area contributed by atoms with Crippen molar-refractivity contribution in [3.8, 4) is 0 Å². The molecule has 7 heteroatoms. The molecule has 1 aromatic carbocycles. The van der Waals surface area contributed by atoms with Crippen molar-refractivity contribution in [3.05, 3.63) is 28.3 Å². The number of nitrogens with one attached hydrogen (secondary N) is 1. The van der Waals surface area contributed by atoms with E-state index < -0.39 is 10.0 Å². The summed E-state index contributed by atoms with van der Waals surface area (Å²) in [5.41, 5.74) is 0.518. The number of carbonyl (C=O) groups is 1. The van der Waals surface area contributed by atoms with Gasteiger partial charge >= 0.3 is 0 Å². The molecule has 0 heterocycles. The highest BCUT2D eigenvalue weighted by Crippen LogP contribution is 2.24. The van der Waals surface area contributed by atoms with Crippen LogP contribution in [0.3, 0.4) is 0 Å². The van der Waals surface area contributed by atoms with Crippen LogP contribution in [0.15, 0.2) is 17.0 Å². The third-order valence-electron chi connectivity index (χ3n) is 2.54. The first-order valence-electron chi connectivity index (χ1n) is 5.74. The number of benzene rings is 1. The van der Waals surface area contributed by atoms with Crippen molar-refractivity contribution in [3.63, 3.8) is 0 Å². The Morgan fingerprint density at radius 1 is 1.42 bits per heavy atom. The van der Waals surface area contributed by atoms with Crippen LogP contribution in [0.1, 0.15) is 29.8 Å². The van der Waals surface area contributed by atoms with Gasteiger partial charge < -0.3 is 5.32 Å². The van der Waals surface area contributed by atoms with Crippen molar-refractivity contribution in [1.82, 2.24) is 5.32 Å². The summed E-state index contributed by atoms with van der Waals surface area (Å²) < 4.78 is 22.9. The average molecular weight is 305 g/mol. The second-order valence-corrected chi connectivity index (χ2v) is 6.67. The van der Waals surface area contributed by atoms with Gasteiger partial charge in [0.2, 0.25) is 10.0 Å². The molecule has 1 amide bonds. The van der Waals surface area contributed by atoms with E-state index in [0.29, 0.717) is 18.0 Å². The van der Waals surface area contributed by atoms with Gasteiger partial charge in [0.1, 0.15) is 0 Å². The Kier molecular flexibility index (Phi) is 4.95. The van der Waals surface area contributed by atoms with Gasteiger partial charge in [0.05, 0.1) is 4.90 Å². The molecular formula is C12H17ClN2O3S. The predicted molar refractivity (Wildman–Crippen MR) is 74.7 cm³/mol. The van der Waals surface area contributed by atoms with E-state index in [1.807, 2.05) is 13.8 Å². The number of hydrogen-bond donors (Lipinski definition) is 2. The van der Waals surface area contributed by atoms with E-state index in [-0.39, 0.29) is 21.4 Å². The first kappa shape index (κ1) is 15.9. The zero-order valence-electron chi connectivity index (χ0n) is 11.0. The second-order valence-electron chi connectivity index (χ2n) is 4.73. The lowest BCUT2D eigenvalue weighted by Crippen LogP contribution is -2.27. The standard InChI is InChI=1S/C12H17ClN2O3S/c1-7(2)6-15-12(16)9-4-10(13)8(3)11(5-9)19(14,17)18/h4-5,7H,6H2,1-3H3,(H,15,16)(H2,14,17,18). The maximum absolute atomic E-state index is 11.9. The summed E-state index contributed by atoms with van der Waals surface area (Å²) in [6.07, 6.45) is 0. The lowest BCUT2D eigenvalue weighted by molar-refractivity contribution is 0.0949. The number of rotatable bonds is 4. The minimum atomic E-state index is -3.91. The van der Waals surface area contributed by atoms with Crippen LogP contribution in [0, 0.1) is 12.8 Å². The minimum absolute atomic E-state index is 0.130. The summed E-state index contributed by atoms with van der Waals surface area (Å²) in [5.74, 6) is -0.0805. The Hall–Kier alpha value is -1.11. The molecule has 0 atom stereocenters. The monoisotopic (exact) mass is 304 g/mol. The van der Waals surface area contributed by atoms with Crippen molar-refractivity contribution in [2.45, 2.75) is 25.7 Å². The molecule has 0 aliphatic rings. The maximum Gasteiger partial charge on any atom is 0.251 e. The number of halogens is 1. The SMILES string of the molecule is Cc1c(Cl)cc(C(=O)NCC(C)C)cc1S(N)(=O)=O. The van der Waals surface area contributed by atoms with Gasteiger partial charge in [-0.25, -0.2) is 13.6 Å². The van der Waals surface area contributed by atoms with Gasteiger partial charge in [-0.3, -0.25) is 4.79 Å². The van der Waals surface area contributed by atoms with Gasteiger partial charge in [0.15, 0.2) is 0 Å². The van der Waals surface area contributed by atoms with Gasteiger partial charge in [-0.1, -0.05) is 25.4 Å². The van der Waals surface area contributed by atoms with Crippen LogP contribution in [0.2, 0.25) is 5.02 Å². The molecule has 0 aromatic heterocycles. The fraction of sp³-hybridized carbons (Fsp3) is 0.417. The van der Waals surface area contributed by atoms with E-state index >= 15 is 0 Å². The highest BCUT2D eigenvalue weighted by molar-refractivity contribution is 7.89. The molecule has 0 aliphatic heterocycles. The summed E-state index contributed by atoms with van der Waals surface area (Å²) in [6.45, 7) is 5.95. The van der Waals surface area contributed by atoms with Crippen LogP contribution in [-0.2, 0) is 10.0 Å². The molecule has 19 heavy (non-hydrogen) atoms. The number of carbonyl (C=O) groups excluding carboxylic acids is 1. The van der Waals surface area contributed by atoms with Crippen LogP contribution < -0.4 is 10.5 Å². The second kappa shape index (κ2) is 5.90. The molecule has 0 fully saturated rings. The lowest BCUT2D eigenvalue weighted by Gasteiger charge is -2.11. The molecule has 0 unspecified atom stereocenters. The highest BCUT2D eigenvalue weighted by Gasteiger charge is 2.18. The van der Waals surface area contributed by atoms with Crippen LogP contribution in [0.5, 0.6) is 0 Å². The van der Waals surface area contributed by atoms with Gasteiger partial charge in [0.25, 0.3) is 5.91 Å². The van der Waals surface area contributed by atoms with Crippen LogP contribution in [-0.4, -0.2) is 20.9 Å². The van der Waals surface area contributed by atoms with Crippen molar-refractivity contribution < 1.29 is 13.2 Å². The number of primary sulfonamides is 1. The van der Waals surface area contributed by atoms with Gasteiger partial charge in [-0.05, 0) is 30.5 Å². The average Bonchev–Trinajstić information content (AvgIpc) is 2.27. The number of sulfonamides is 1.